The van der Waals surface area contributed by atoms with Gasteiger partial charge in [0.25, 0.3) is 0 Å². The highest BCUT2D eigenvalue weighted by Crippen LogP contribution is 2.32. The number of aromatic nitrogens is 1. The predicted molar refractivity (Wildman–Crippen MR) is 91.1 cm³/mol. The van der Waals surface area contributed by atoms with Gasteiger partial charge in [-0.3, -0.25) is 0 Å². The molecule has 1 heterocycles. The Labute approximate surface area is 129 Å². The summed E-state index contributed by atoms with van der Waals surface area (Å²) in [5.41, 5.74) is 5.26. The molecule has 0 amide bonds. The standard InChI is InChI=1S/C18H17ClN2/c1-3-20-17-11-16(13-7-5-4-6-8-13)21-18-12(2)9-14(19)10-15(17)18/h4-11H,3H2,1-2H3,(H,20,21). The number of hydrogen-bond donors (Lipinski definition) is 1. The third kappa shape index (κ3) is 2.72. The van der Waals surface area contributed by atoms with Gasteiger partial charge in [-0.1, -0.05) is 41.9 Å². The summed E-state index contributed by atoms with van der Waals surface area (Å²) in [4.78, 5) is 4.83. The Morgan fingerprint density at radius 2 is 1.86 bits per heavy atom. The van der Waals surface area contributed by atoms with E-state index in [1.807, 2.05) is 37.3 Å². The zero-order valence-corrected chi connectivity index (χ0v) is 12.9. The molecule has 106 valence electrons. The smallest absolute Gasteiger partial charge is 0.0760 e. The van der Waals surface area contributed by atoms with Crippen LogP contribution in [0, 0.1) is 6.92 Å². The van der Waals surface area contributed by atoms with Gasteiger partial charge >= 0.3 is 0 Å². The third-order valence-corrected chi connectivity index (χ3v) is 3.72. The molecule has 1 N–H and O–H groups in total. The topological polar surface area (TPSA) is 24.9 Å². The molecule has 2 nitrogen and oxygen atoms in total. The number of rotatable bonds is 3. The van der Waals surface area contributed by atoms with Crippen LogP contribution in [0.4, 0.5) is 5.69 Å². The molecule has 0 aliphatic heterocycles. The van der Waals surface area contributed by atoms with E-state index >= 15 is 0 Å². The Bertz CT molecular complexity index is 782. The fourth-order valence-corrected chi connectivity index (χ4v) is 2.82. The number of nitrogens with zero attached hydrogens (tertiary/aromatic N) is 1. The molecule has 0 aliphatic rings. The zero-order chi connectivity index (χ0) is 14.8. The second kappa shape index (κ2) is 5.74. The monoisotopic (exact) mass is 296 g/mol. The van der Waals surface area contributed by atoms with Gasteiger partial charge in [0.1, 0.15) is 0 Å². The molecule has 0 radical (unpaired) electrons. The van der Waals surface area contributed by atoms with E-state index in [0.29, 0.717) is 0 Å². The molecule has 0 unspecified atom stereocenters. The van der Waals surface area contributed by atoms with Gasteiger partial charge in [-0.15, -0.1) is 0 Å². The maximum Gasteiger partial charge on any atom is 0.0760 e. The van der Waals surface area contributed by atoms with Crippen LogP contribution in [0.3, 0.4) is 0 Å². The summed E-state index contributed by atoms with van der Waals surface area (Å²) in [5.74, 6) is 0. The number of aryl methyl sites for hydroxylation is 1. The highest BCUT2D eigenvalue weighted by molar-refractivity contribution is 6.31. The minimum absolute atomic E-state index is 0.744. The summed E-state index contributed by atoms with van der Waals surface area (Å²) in [5, 5.41) is 5.23. The first-order valence-electron chi connectivity index (χ1n) is 7.09. The zero-order valence-electron chi connectivity index (χ0n) is 12.2. The Balaban J connectivity index is 2.29. The molecule has 21 heavy (non-hydrogen) atoms. The highest BCUT2D eigenvalue weighted by Gasteiger charge is 2.10. The maximum atomic E-state index is 6.20. The fourth-order valence-electron chi connectivity index (χ4n) is 2.55. The van der Waals surface area contributed by atoms with Crippen molar-refractivity contribution in [1.82, 2.24) is 4.98 Å². The number of nitrogens with one attached hydrogen (secondary N) is 1. The number of anilines is 1. The lowest BCUT2D eigenvalue weighted by molar-refractivity contribution is 1.21. The molecular formula is C18H17ClN2. The Morgan fingerprint density at radius 3 is 2.57 bits per heavy atom. The van der Waals surface area contributed by atoms with Crippen LogP contribution in [0.2, 0.25) is 5.02 Å². The Hall–Kier alpha value is -2.06. The van der Waals surface area contributed by atoms with E-state index in [2.05, 4.69) is 30.4 Å². The molecule has 3 aromatic rings. The van der Waals surface area contributed by atoms with E-state index in [4.69, 9.17) is 16.6 Å². The molecule has 3 heteroatoms. The maximum absolute atomic E-state index is 6.20. The molecular weight excluding hydrogens is 280 g/mol. The average molecular weight is 297 g/mol. The highest BCUT2D eigenvalue weighted by atomic mass is 35.5. The van der Waals surface area contributed by atoms with Crippen LogP contribution in [-0.4, -0.2) is 11.5 Å². The molecule has 0 bridgehead atoms. The van der Waals surface area contributed by atoms with Gasteiger partial charge in [0, 0.05) is 28.2 Å². The molecule has 0 aliphatic carbocycles. The molecule has 0 fully saturated rings. The van der Waals surface area contributed by atoms with Crippen molar-refractivity contribution < 1.29 is 0 Å². The third-order valence-electron chi connectivity index (χ3n) is 3.51. The van der Waals surface area contributed by atoms with Gasteiger partial charge in [0.2, 0.25) is 0 Å². The van der Waals surface area contributed by atoms with Crippen LogP contribution in [0.25, 0.3) is 22.2 Å². The molecule has 3 rings (SSSR count). The second-order valence-corrected chi connectivity index (χ2v) is 5.51. The van der Waals surface area contributed by atoms with Crippen molar-refractivity contribution in [1.29, 1.82) is 0 Å². The van der Waals surface area contributed by atoms with Crippen LogP contribution >= 0.6 is 11.6 Å². The summed E-state index contributed by atoms with van der Waals surface area (Å²) < 4.78 is 0. The predicted octanol–water partition coefficient (Wildman–Crippen LogP) is 5.30. The first-order chi connectivity index (χ1) is 10.2. The van der Waals surface area contributed by atoms with Crippen LogP contribution in [0.1, 0.15) is 12.5 Å². The van der Waals surface area contributed by atoms with E-state index in [-0.39, 0.29) is 0 Å². The molecule has 1 aromatic heterocycles. The van der Waals surface area contributed by atoms with E-state index in [9.17, 15) is 0 Å². The van der Waals surface area contributed by atoms with Crippen LogP contribution in [-0.2, 0) is 0 Å². The summed E-state index contributed by atoms with van der Waals surface area (Å²) in [7, 11) is 0. The largest absolute Gasteiger partial charge is 0.385 e. The molecule has 0 atom stereocenters. The SMILES string of the molecule is CCNc1cc(-c2ccccc2)nc2c(C)cc(Cl)cc12. The fraction of sp³-hybridized carbons (Fsp3) is 0.167. The van der Waals surface area contributed by atoms with Crippen molar-refractivity contribution in [3.05, 3.63) is 59.1 Å². The molecule has 0 spiro atoms. The van der Waals surface area contributed by atoms with E-state index in [0.717, 1.165) is 45.0 Å². The lowest BCUT2D eigenvalue weighted by Crippen LogP contribution is -2.00. The van der Waals surface area contributed by atoms with E-state index in [1.54, 1.807) is 0 Å². The van der Waals surface area contributed by atoms with Crippen LogP contribution in [0.15, 0.2) is 48.5 Å². The average Bonchev–Trinajstić information content (AvgIpc) is 2.49. The lowest BCUT2D eigenvalue weighted by Gasteiger charge is -2.13. The summed E-state index contributed by atoms with van der Waals surface area (Å²) >= 11 is 6.20. The molecule has 2 aromatic carbocycles. The minimum atomic E-state index is 0.744. The van der Waals surface area contributed by atoms with Gasteiger partial charge in [-0.05, 0) is 37.6 Å². The van der Waals surface area contributed by atoms with Crippen LogP contribution in [0.5, 0.6) is 0 Å². The van der Waals surface area contributed by atoms with Gasteiger partial charge < -0.3 is 5.32 Å². The van der Waals surface area contributed by atoms with Gasteiger partial charge in [-0.2, -0.15) is 0 Å². The van der Waals surface area contributed by atoms with Crippen LogP contribution < -0.4 is 5.32 Å². The Kier molecular flexibility index (Phi) is 3.80. The van der Waals surface area contributed by atoms with Gasteiger partial charge in [0.05, 0.1) is 11.2 Å². The normalized spacial score (nSPS) is 10.8. The number of hydrogen-bond acceptors (Lipinski definition) is 2. The first kappa shape index (κ1) is 13.9. The molecule has 0 saturated carbocycles. The second-order valence-electron chi connectivity index (χ2n) is 5.07. The van der Waals surface area contributed by atoms with Crippen molar-refractivity contribution in [3.8, 4) is 11.3 Å². The molecule has 0 saturated heterocycles. The minimum Gasteiger partial charge on any atom is -0.385 e. The van der Waals surface area contributed by atoms with Gasteiger partial charge in [0.15, 0.2) is 0 Å². The van der Waals surface area contributed by atoms with Crippen molar-refractivity contribution in [2.45, 2.75) is 13.8 Å². The summed E-state index contributed by atoms with van der Waals surface area (Å²) in [6.45, 7) is 5.00. The summed E-state index contributed by atoms with van der Waals surface area (Å²) in [6, 6.07) is 16.3. The van der Waals surface area contributed by atoms with Crippen molar-refractivity contribution in [3.63, 3.8) is 0 Å². The van der Waals surface area contributed by atoms with Gasteiger partial charge in [-0.25, -0.2) is 4.98 Å². The number of benzene rings is 2. The number of fused-ring (bicyclic) bond motifs is 1. The van der Waals surface area contributed by atoms with E-state index in [1.165, 1.54) is 0 Å². The van der Waals surface area contributed by atoms with E-state index < -0.39 is 0 Å². The van der Waals surface area contributed by atoms with Crippen molar-refractivity contribution in [2.24, 2.45) is 0 Å². The van der Waals surface area contributed by atoms with Crippen molar-refractivity contribution in [2.75, 3.05) is 11.9 Å². The summed E-state index contributed by atoms with van der Waals surface area (Å²) in [6.07, 6.45) is 0. The van der Waals surface area contributed by atoms with Crippen molar-refractivity contribution >= 4 is 28.2 Å². The number of pyridine rings is 1. The Morgan fingerprint density at radius 1 is 1.10 bits per heavy atom. The quantitative estimate of drug-likeness (QED) is 0.710. The first-order valence-corrected chi connectivity index (χ1v) is 7.47. The lowest BCUT2D eigenvalue weighted by atomic mass is 10.1. The number of halogens is 1.